The van der Waals surface area contributed by atoms with Crippen LogP contribution in [0.5, 0.6) is 0 Å². The van der Waals surface area contributed by atoms with E-state index in [9.17, 15) is 4.79 Å². The van der Waals surface area contributed by atoms with Crippen LogP contribution in [0.25, 0.3) is 10.4 Å². The van der Waals surface area contributed by atoms with E-state index in [-0.39, 0.29) is 31.1 Å². The first-order valence-electron chi connectivity index (χ1n) is 14.4. The van der Waals surface area contributed by atoms with Crippen molar-refractivity contribution in [1.29, 1.82) is 0 Å². The van der Waals surface area contributed by atoms with Crippen LogP contribution in [-0.2, 0) is 19.0 Å². The SMILES string of the molecule is [N-]=[N+]=NCC1=C(C[C@]2(C(=O)NCCN3CCOCC3)COC(C3CCC(OCCCO)CC3)=N2)CCCC1. The number of hydrogen-bond donors (Lipinski definition) is 2. The molecule has 11 nitrogen and oxygen atoms in total. The third kappa shape index (κ3) is 7.93. The average Bonchev–Trinajstić information content (AvgIpc) is 3.39. The van der Waals surface area contributed by atoms with Crippen molar-refractivity contribution in [3.05, 3.63) is 21.6 Å². The lowest BCUT2D eigenvalue weighted by Crippen LogP contribution is -2.49. The summed E-state index contributed by atoms with van der Waals surface area (Å²) in [5.74, 6) is 0.817. The normalized spacial score (nSPS) is 28.4. The number of aliphatic hydroxyl groups is 1. The number of carbonyl (C=O) groups excluding carboxylic acids is 1. The number of hydrogen-bond acceptors (Lipinski definition) is 8. The first-order valence-corrected chi connectivity index (χ1v) is 14.4. The lowest BCUT2D eigenvalue weighted by molar-refractivity contribution is -0.126. The van der Waals surface area contributed by atoms with Gasteiger partial charge in [0, 0.05) is 63.2 Å². The standard InChI is InChI=1S/C27H44N6O5/c28-32-30-19-23-5-2-1-4-22(23)18-27(26(35)29-10-11-33-12-16-36-17-13-33)20-38-25(31-27)21-6-8-24(9-7-21)37-15-3-14-34/h21,24,34H,1-20H2,(H,29,35)/t21?,24?,27-/m1/s1. The zero-order valence-corrected chi connectivity index (χ0v) is 22.6. The van der Waals surface area contributed by atoms with E-state index in [1.807, 2.05) is 0 Å². The van der Waals surface area contributed by atoms with E-state index in [1.165, 1.54) is 5.57 Å². The van der Waals surface area contributed by atoms with Crippen LogP contribution in [0.15, 0.2) is 21.3 Å². The van der Waals surface area contributed by atoms with E-state index in [0.29, 0.717) is 38.4 Å². The van der Waals surface area contributed by atoms with Crippen molar-refractivity contribution >= 4 is 11.8 Å². The Morgan fingerprint density at radius 2 is 1.97 bits per heavy atom. The zero-order valence-electron chi connectivity index (χ0n) is 22.6. The molecule has 2 heterocycles. The van der Waals surface area contributed by atoms with Crippen molar-refractivity contribution in [1.82, 2.24) is 10.2 Å². The Morgan fingerprint density at radius 1 is 1.21 bits per heavy atom. The summed E-state index contributed by atoms with van der Waals surface area (Å²) in [6.45, 7) is 5.92. The van der Waals surface area contributed by atoms with Crippen molar-refractivity contribution in [2.45, 2.75) is 75.9 Å². The molecule has 4 aliphatic rings. The van der Waals surface area contributed by atoms with Gasteiger partial charge in [0.2, 0.25) is 0 Å². The van der Waals surface area contributed by atoms with E-state index >= 15 is 0 Å². The van der Waals surface area contributed by atoms with Gasteiger partial charge in [-0.15, -0.1) is 0 Å². The number of nitrogens with zero attached hydrogens (tertiary/aromatic N) is 5. The van der Waals surface area contributed by atoms with Gasteiger partial charge >= 0.3 is 0 Å². The van der Waals surface area contributed by atoms with Gasteiger partial charge in [-0.2, -0.15) is 0 Å². The second-order valence-corrected chi connectivity index (χ2v) is 10.9. The van der Waals surface area contributed by atoms with Gasteiger partial charge in [-0.1, -0.05) is 16.3 Å². The number of aliphatic imine (C=N–C) groups is 1. The van der Waals surface area contributed by atoms with Gasteiger partial charge in [0.25, 0.3) is 5.91 Å². The van der Waals surface area contributed by atoms with Crippen LogP contribution in [0.4, 0.5) is 0 Å². The highest BCUT2D eigenvalue weighted by molar-refractivity contribution is 5.93. The molecule has 0 aromatic rings. The van der Waals surface area contributed by atoms with Crippen LogP contribution in [0.3, 0.4) is 0 Å². The molecule has 11 heteroatoms. The van der Waals surface area contributed by atoms with Crippen molar-refractivity contribution < 1.29 is 24.1 Å². The fourth-order valence-corrected chi connectivity index (χ4v) is 5.98. The van der Waals surface area contributed by atoms with Crippen LogP contribution in [0, 0.1) is 5.92 Å². The van der Waals surface area contributed by atoms with Crippen LogP contribution < -0.4 is 5.32 Å². The molecule has 2 fully saturated rings. The molecule has 0 aromatic heterocycles. The van der Waals surface area contributed by atoms with Crippen molar-refractivity contribution in [3.63, 3.8) is 0 Å². The molecule has 0 radical (unpaired) electrons. The number of carbonyl (C=O) groups is 1. The van der Waals surface area contributed by atoms with Crippen LogP contribution in [0.2, 0.25) is 0 Å². The van der Waals surface area contributed by atoms with Crippen LogP contribution >= 0.6 is 0 Å². The molecule has 1 saturated heterocycles. The predicted molar refractivity (Wildman–Crippen MR) is 144 cm³/mol. The predicted octanol–water partition coefficient (Wildman–Crippen LogP) is 3.13. The smallest absolute Gasteiger partial charge is 0.252 e. The van der Waals surface area contributed by atoms with E-state index in [0.717, 1.165) is 89.8 Å². The molecule has 2 N–H and O–H groups in total. The minimum Gasteiger partial charge on any atom is -0.478 e. The van der Waals surface area contributed by atoms with Gasteiger partial charge in [0.1, 0.15) is 6.61 Å². The summed E-state index contributed by atoms with van der Waals surface area (Å²) in [5, 5.41) is 16.0. The van der Waals surface area contributed by atoms with E-state index < -0.39 is 5.54 Å². The number of rotatable bonds is 13. The number of nitrogens with one attached hydrogen (secondary N) is 1. The summed E-state index contributed by atoms with van der Waals surface area (Å²) >= 11 is 0. The van der Waals surface area contributed by atoms with Crippen LogP contribution in [-0.4, -0.2) is 99.2 Å². The quantitative estimate of drug-likeness (QED) is 0.123. The topological polar surface area (TPSA) is 141 Å². The van der Waals surface area contributed by atoms with Crippen molar-refractivity contribution in [2.24, 2.45) is 16.0 Å². The molecular formula is C27H44N6O5. The Balaban J connectivity index is 1.45. The summed E-state index contributed by atoms with van der Waals surface area (Å²) in [6.07, 6.45) is 9.03. The second-order valence-electron chi connectivity index (χ2n) is 10.9. The van der Waals surface area contributed by atoms with Gasteiger partial charge in [0.05, 0.1) is 19.3 Å². The lowest BCUT2D eigenvalue weighted by atomic mass is 9.82. The van der Waals surface area contributed by atoms with Gasteiger partial charge in [-0.25, -0.2) is 4.99 Å². The minimum absolute atomic E-state index is 0.0806. The highest BCUT2D eigenvalue weighted by Gasteiger charge is 2.46. The molecule has 38 heavy (non-hydrogen) atoms. The number of aliphatic hydroxyl groups excluding tert-OH is 1. The molecule has 1 amide bonds. The Morgan fingerprint density at radius 3 is 2.71 bits per heavy atom. The molecule has 1 saturated carbocycles. The van der Waals surface area contributed by atoms with Gasteiger partial charge in [-0.3, -0.25) is 9.69 Å². The first kappa shape index (κ1) is 28.8. The molecule has 2 aliphatic carbocycles. The monoisotopic (exact) mass is 532 g/mol. The first-order chi connectivity index (χ1) is 18.6. The number of morpholine rings is 1. The fraction of sp³-hybridized carbons (Fsp3) is 0.852. The molecular weight excluding hydrogens is 488 g/mol. The third-order valence-corrected chi connectivity index (χ3v) is 8.24. The summed E-state index contributed by atoms with van der Waals surface area (Å²) in [4.78, 5) is 24.1. The Bertz CT molecular complexity index is 890. The summed E-state index contributed by atoms with van der Waals surface area (Å²) in [5.41, 5.74) is 10.2. The van der Waals surface area contributed by atoms with Crippen molar-refractivity contribution in [2.75, 3.05) is 65.8 Å². The third-order valence-electron chi connectivity index (χ3n) is 8.24. The lowest BCUT2D eigenvalue weighted by Gasteiger charge is -2.29. The molecule has 1 atom stereocenters. The van der Waals surface area contributed by atoms with Crippen LogP contribution in [0.1, 0.15) is 64.2 Å². The number of azide groups is 1. The highest BCUT2D eigenvalue weighted by atomic mass is 16.5. The molecule has 0 aromatic carbocycles. The molecule has 212 valence electrons. The minimum atomic E-state index is -0.983. The van der Waals surface area contributed by atoms with Gasteiger partial charge in [-0.05, 0) is 63.3 Å². The number of amides is 1. The van der Waals surface area contributed by atoms with E-state index in [2.05, 4.69) is 20.2 Å². The van der Waals surface area contributed by atoms with Gasteiger partial charge < -0.3 is 24.6 Å². The van der Waals surface area contributed by atoms with E-state index in [1.54, 1.807) is 0 Å². The molecule has 0 bridgehead atoms. The maximum absolute atomic E-state index is 13.7. The molecule has 2 aliphatic heterocycles. The van der Waals surface area contributed by atoms with E-state index in [4.69, 9.17) is 29.8 Å². The number of ether oxygens (including phenoxy) is 3. The Labute approximate surface area is 225 Å². The average molecular weight is 533 g/mol. The zero-order chi connectivity index (χ0) is 26.6. The Hall–Kier alpha value is -2.17. The maximum atomic E-state index is 13.7. The fourth-order valence-electron chi connectivity index (χ4n) is 5.98. The highest BCUT2D eigenvalue weighted by Crippen LogP contribution is 2.38. The maximum Gasteiger partial charge on any atom is 0.252 e. The molecule has 0 unspecified atom stereocenters. The van der Waals surface area contributed by atoms with Crippen molar-refractivity contribution in [3.8, 4) is 0 Å². The second kappa shape index (κ2) is 14.8. The van der Waals surface area contributed by atoms with Gasteiger partial charge in [0.15, 0.2) is 11.4 Å². The summed E-state index contributed by atoms with van der Waals surface area (Å²) < 4.78 is 17.5. The Kier molecular flexibility index (Phi) is 11.3. The summed E-state index contributed by atoms with van der Waals surface area (Å²) in [7, 11) is 0. The largest absolute Gasteiger partial charge is 0.478 e. The molecule has 4 rings (SSSR count). The summed E-state index contributed by atoms with van der Waals surface area (Å²) in [6, 6.07) is 0. The molecule has 0 spiro atoms.